The van der Waals surface area contributed by atoms with Crippen LogP contribution in [0, 0.1) is 22.7 Å². The summed E-state index contributed by atoms with van der Waals surface area (Å²) in [5, 5.41) is 37.7. The van der Waals surface area contributed by atoms with Crippen molar-refractivity contribution < 1.29 is 0 Å². The number of pyridine rings is 2. The third-order valence-electron chi connectivity index (χ3n) is 22.3. The molecule has 6 aromatic heterocycles. The maximum absolute atomic E-state index is 12.1. The van der Waals surface area contributed by atoms with Gasteiger partial charge < -0.3 is 18.3 Å². The number of nitrogens with zero attached hydrogens (tertiary/aromatic N) is 8. The number of aromatic nitrogens is 6. The Bertz CT molecular complexity index is 7210. The summed E-state index contributed by atoms with van der Waals surface area (Å²) in [5.74, 6) is 0. The Hall–Kier alpha value is -15.5. The second-order valence-corrected chi connectivity index (χ2v) is 28.5. The highest BCUT2D eigenvalue weighted by molar-refractivity contribution is 6.17. The third kappa shape index (κ3) is 10.5. The lowest BCUT2D eigenvalue weighted by molar-refractivity contribution is 1.02. The van der Waals surface area contributed by atoms with Gasteiger partial charge in [-0.3, -0.25) is 4.98 Å². The summed E-state index contributed by atoms with van der Waals surface area (Å²) in [6, 6.07) is 140. The van der Waals surface area contributed by atoms with Crippen LogP contribution in [0.1, 0.15) is 11.1 Å². The van der Waals surface area contributed by atoms with E-state index in [-0.39, 0.29) is 0 Å². The van der Waals surface area contributed by atoms with Crippen molar-refractivity contribution in [1.29, 1.82) is 10.5 Å². The lowest BCUT2D eigenvalue weighted by atomic mass is 9.89. The number of hydrogen-bond acceptors (Lipinski definition) is 4. The molecule has 0 N–H and O–H groups in total. The van der Waals surface area contributed by atoms with Crippen LogP contribution in [0.3, 0.4) is 0 Å². The Morgan fingerprint density at radius 2 is 0.518 bits per heavy atom. The fourth-order valence-electron chi connectivity index (χ4n) is 17.4. The molecule has 520 valence electrons. The first-order chi connectivity index (χ1) is 55.5. The standard InChI is InChI=1S/C56H32N6.C48H32N2/c57-33-43-53(59-45-25-9-1-17-35(45)36-18-2-10-26-46(36)59)44(34-58)55(61-49-29-13-5-21-39(49)40-22-6-14-30-50(40)61)56(62-51-31-15-7-23-41(51)42-24-8-16-32-52(42)62)54(43)60-47-27-11-3-19-37(47)38-20-4-12-28-48(38)60;1-4-14-33(15-5-1)37-24-25-46(49-32-37)41-27-38(26-40(28-41)45-29-36-20-10-11-21-42(36)43-22-12-13-23-44(43)45)39-30-47(34-16-6-2-7-17-34)50-48(31-39)35-18-8-3-9-19-35/h1-32H;1-32H. The molecule has 22 aromatic rings. The largest absolute Gasteiger partial charge is 0.306 e. The van der Waals surface area contributed by atoms with Gasteiger partial charge in [0.05, 0.1) is 84.0 Å². The van der Waals surface area contributed by atoms with Gasteiger partial charge in [-0.25, -0.2) is 4.98 Å². The summed E-state index contributed by atoms with van der Waals surface area (Å²) in [6.45, 7) is 0. The number of hydrogen-bond donors (Lipinski definition) is 0. The molecule has 0 amide bonds. The van der Waals surface area contributed by atoms with Crippen molar-refractivity contribution in [3.8, 4) is 102 Å². The average Bonchev–Trinajstić information content (AvgIpc) is 1.47. The lowest BCUT2D eigenvalue weighted by Gasteiger charge is -2.27. The Balaban J connectivity index is 0.000000145. The van der Waals surface area contributed by atoms with Gasteiger partial charge in [-0.1, -0.05) is 291 Å². The second kappa shape index (κ2) is 26.8. The van der Waals surface area contributed by atoms with Gasteiger partial charge in [0, 0.05) is 71.5 Å². The molecule has 0 aliphatic heterocycles. The van der Waals surface area contributed by atoms with Crippen LogP contribution in [0.4, 0.5) is 0 Å². The number of rotatable bonds is 10. The lowest BCUT2D eigenvalue weighted by Crippen LogP contribution is -2.16. The van der Waals surface area contributed by atoms with Crippen molar-refractivity contribution in [3.63, 3.8) is 0 Å². The summed E-state index contributed by atoms with van der Waals surface area (Å²) in [5.41, 5.74) is 23.9. The molecule has 0 spiro atoms. The minimum absolute atomic E-state index is 0.390. The van der Waals surface area contributed by atoms with Crippen molar-refractivity contribution in [2.75, 3.05) is 0 Å². The van der Waals surface area contributed by atoms with Gasteiger partial charge >= 0.3 is 0 Å². The molecule has 0 bridgehead atoms. The van der Waals surface area contributed by atoms with Gasteiger partial charge in [0.15, 0.2) is 0 Å². The van der Waals surface area contributed by atoms with Gasteiger partial charge in [0.1, 0.15) is 23.3 Å². The van der Waals surface area contributed by atoms with Crippen LogP contribution in [0.5, 0.6) is 0 Å². The van der Waals surface area contributed by atoms with E-state index in [2.05, 4.69) is 370 Å². The number of para-hydroxylation sites is 8. The first-order valence-corrected chi connectivity index (χ1v) is 37.7. The predicted octanol–water partition coefficient (Wildman–Crippen LogP) is 26.6. The van der Waals surface area contributed by atoms with E-state index in [1.165, 1.54) is 27.1 Å². The zero-order valence-corrected chi connectivity index (χ0v) is 60.5. The van der Waals surface area contributed by atoms with Crippen LogP contribution in [0.15, 0.2) is 388 Å². The zero-order valence-electron chi connectivity index (χ0n) is 60.5. The van der Waals surface area contributed by atoms with Gasteiger partial charge in [-0.2, -0.15) is 10.5 Å². The third-order valence-corrected chi connectivity index (χ3v) is 22.3. The second-order valence-electron chi connectivity index (χ2n) is 28.5. The molecular formula is C104H64N8. The first-order valence-electron chi connectivity index (χ1n) is 37.7. The fraction of sp³-hybridized carbons (Fsp3) is 0. The topological polar surface area (TPSA) is 93.1 Å². The van der Waals surface area contributed by atoms with Gasteiger partial charge in [0.25, 0.3) is 0 Å². The minimum Gasteiger partial charge on any atom is -0.306 e. The quantitative estimate of drug-likeness (QED) is 0.128. The Kier molecular flexibility index (Phi) is 15.5. The maximum atomic E-state index is 12.1. The summed E-state index contributed by atoms with van der Waals surface area (Å²) in [7, 11) is 0. The molecule has 6 heterocycles. The van der Waals surface area contributed by atoms with Crippen LogP contribution < -0.4 is 0 Å². The van der Waals surface area contributed by atoms with Gasteiger partial charge in [-0.15, -0.1) is 0 Å². The molecule has 22 rings (SSSR count). The van der Waals surface area contributed by atoms with Gasteiger partial charge in [-0.05, 0) is 140 Å². The smallest absolute Gasteiger partial charge is 0.104 e. The SMILES string of the molecule is N#Cc1c(-n2c3ccccc3c3ccccc32)c(C#N)c(-n2c3ccccc3c3ccccc32)c(-n2c3ccccc3c3ccccc32)c1-n1c2ccccc2c2ccccc21.c1ccc(-c2ccc(-c3cc(-c4cc(-c5ccccc5)nc(-c5ccccc5)c4)cc(-c4cc5ccccc5c5ccccc45)c3)nc2)cc1. The molecule has 0 fully saturated rings. The molecule has 112 heavy (non-hydrogen) atoms. The molecule has 0 radical (unpaired) electrons. The van der Waals surface area contributed by atoms with E-state index in [9.17, 15) is 10.5 Å². The van der Waals surface area contributed by atoms with E-state index >= 15 is 0 Å². The minimum atomic E-state index is 0.390. The van der Waals surface area contributed by atoms with Gasteiger partial charge in [0.2, 0.25) is 0 Å². The molecule has 0 saturated heterocycles. The van der Waals surface area contributed by atoms with Crippen molar-refractivity contribution in [3.05, 3.63) is 400 Å². The Morgan fingerprint density at radius 1 is 0.205 bits per heavy atom. The normalized spacial score (nSPS) is 11.6. The van der Waals surface area contributed by atoms with E-state index in [0.717, 1.165) is 155 Å². The summed E-state index contributed by atoms with van der Waals surface area (Å²) >= 11 is 0. The predicted molar refractivity (Wildman–Crippen MR) is 463 cm³/mol. The Labute approximate surface area is 645 Å². The molecule has 0 atom stereocenters. The molecular weight excluding hydrogens is 1360 g/mol. The van der Waals surface area contributed by atoms with Crippen LogP contribution in [-0.4, -0.2) is 28.2 Å². The number of benzene rings is 16. The molecule has 0 aliphatic rings. The fourth-order valence-corrected chi connectivity index (χ4v) is 17.4. The van der Waals surface area contributed by atoms with Crippen molar-refractivity contribution in [1.82, 2.24) is 28.2 Å². The first kappa shape index (κ1) is 64.9. The molecule has 0 aliphatic carbocycles. The van der Waals surface area contributed by atoms with E-state index in [1.54, 1.807) is 0 Å². The number of nitriles is 2. The summed E-state index contributed by atoms with van der Waals surface area (Å²) in [6.07, 6.45) is 1.98. The molecule has 0 unspecified atom stereocenters. The summed E-state index contributed by atoms with van der Waals surface area (Å²) in [4.78, 5) is 10.2. The number of fused-ring (bicyclic) bond motifs is 15. The van der Waals surface area contributed by atoms with Crippen molar-refractivity contribution in [2.24, 2.45) is 0 Å². The van der Waals surface area contributed by atoms with Crippen molar-refractivity contribution in [2.45, 2.75) is 0 Å². The van der Waals surface area contributed by atoms with Crippen LogP contribution >= 0.6 is 0 Å². The van der Waals surface area contributed by atoms with E-state index in [1.807, 2.05) is 48.7 Å². The highest BCUT2D eigenvalue weighted by Gasteiger charge is 2.35. The molecule has 8 heteroatoms. The highest BCUT2D eigenvalue weighted by atomic mass is 15.1. The van der Waals surface area contributed by atoms with Crippen LogP contribution in [-0.2, 0) is 0 Å². The molecule has 0 saturated carbocycles. The Morgan fingerprint density at radius 3 is 0.911 bits per heavy atom. The van der Waals surface area contributed by atoms with E-state index < -0.39 is 0 Å². The maximum Gasteiger partial charge on any atom is 0.104 e. The van der Waals surface area contributed by atoms with E-state index in [0.29, 0.717) is 28.2 Å². The molecule has 8 nitrogen and oxygen atoms in total. The van der Waals surface area contributed by atoms with Crippen LogP contribution in [0.25, 0.3) is 199 Å². The van der Waals surface area contributed by atoms with Crippen LogP contribution in [0.2, 0.25) is 0 Å². The highest BCUT2D eigenvalue weighted by Crippen LogP contribution is 2.50. The summed E-state index contributed by atoms with van der Waals surface area (Å²) < 4.78 is 9.02. The van der Waals surface area contributed by atoms with E-state index in [4.69, 9.17) is 9.97 Å². The zero-order chi connectivity index (χ0) is 74.3. The van der Waals surface area contributed by atoms with Crippen molar-refractivity contribution >= 4 is 109 Å². The molecule has 16 aromatic carbocycles. The monoisotopic (exact) mass is 1420 g/mol. The average molecular weight is 1430 g/mol.